The van der Waals surface area contributed by atoms with Gasteiger partial charge in [-0.25, -0.2) is 9.18 Å². The third-order valence-electron chi connectivity index (χ3n) is 4.70. The number of cyclic esters (lactones) is 1. The van der Waals surface area contributed by atoms with Gasteiger partial charge >= 0.3 is 5.97 Å². The van der Waals surface area contributed by atoms with Crippen LogP contribution in [0.2, 0.25) is 0 Å². The topological polar surface area (TPSA) is 55.8 Å². The predicted octanol–water partition coefficient (Wildman–Crippen LogP) is 3.17. The minimum absolute atomic E-state index is 0.0255. The second-order valence-corrected chi connectivity index (χ2v) is 6.18. The van der Waals surface area contributed by atoms with Crippen molar-refractivity contribution < 1.29 is 23.5 Å². The molecule has 2 aromatic rings. The van der Waals surface area contributed by atoms with Gasteiger partial charge in [0.05, 0.1) is 18.4 Å². The number of rotatable bonds is 3. The molecular weight excluding hydrogens is 337 g/mol. The molecular formula is C20H16FNO4. The van der Waals surface area contributed by atoms with Crippen LogP contribution < -0.4 is 9.64 Å². The Balaban J connectivity index is 1.81. The van der Waals surface area contributed by atoms with Gasteiger partial charge in [-0.15, -0.1) is 0 Å². The smallest absolute Gasteiger partial charge is 0.336 e. The molecule has 0 fully saturated rings. The van der Waals surface area contributed by atoms with E-state index in [-0.39, 0.29) is 30.7 Å². The summed E-state index contributed by atoms with van der Waals surface area (Å²) in [5.74, 6) is -0.710. The molecule has 0 bridgehead atoms. The Bertz CT molecular complexity index is 920. The standard InChI is InChI=1S/C20H16FNO4/c1-25-15-4-2-3-12(9-15)16-10-18(23)22(14-7-5-13(21)6-8-14)17-11-26-20(24)19(16)17/h2-9,16H,10-11H2,1H3. The molecule has 2 aliphatic rings. The summed E-state index contributed by atoms with van der Waals surface area (Å²) in [6.07, 6.45) is 0.123. The second kappa shape index (κ2) is 6.29. The summed E-state index contributed by atoms with van der Waals surface area (Å²) in [5.41, 5.74) is 2.34. The molecule has 2 aliphatic heterocycles. The lowest BCUT2D eigenvalue weighted by molar-refractivity contribution is -0.136. The molecule has 1 amide bonds. The van der Waals surface area contributed by atoms with Crippen LogP contribution >= 0.6 is 0 Å². The number of amides is 1. The SMILES string of the molecule is COc1cccc(C2CC(=O)N(c3ccc(F)cc3)C3=C2C(=O)OC3)c1. The van der Waals surface area contributed by atoms with Gasteiger partial charge in [0.1, 0.15) is 18.2 Å². The fraction of sp³-hybridized carbons (Fsp3) is 0.200. The Labute approximate surface area is 149 Å². The fourth-order valence-corrected chi connectivity index (χ4v) is 3.49. The Morgan fingerprint density at radius 2 is 1.92 bits per heavy atom. The number of halogens is 1. The van der Waals surface area contributed by atoms with E-state index in [1.165, 1.54) is 29.2 Å². The number of hydrogen-bond donors (Lipinski definition) is 0. The number of ether oxygens (including phenoxy) is 2. The number of carbonyl (C=O) groups excluding carboxylic acids is 2. The first-order chi connectivity index (χ1) is 12.6. The molecule has 0 saturated heterocycles. The number of benzene rings is 2. The molecule has 6 heteroatoms. The molecule has 5 nitrogen and oxygen atoms in total. The maximum atomic E-state index is 13.2. The van der Waals surface area contributed by atoms with Crippen molar-refractivity contribution in [1.29, 1.82) is 0 Å². The first-order valence-corrected chi connectivity index (χ1v) is 8.21. The second-order valence-electron chi connectivity index (χ2n) is 6.18. The van der Waals surface area contributed by atoms with Crippen LogP contribution in [-0.2, 0) is 14.3 Å². The number of nitrogens with zero attached hydrogens (tertiary/aromatic N) is 1. The number of esters is 1. The molecule has 0 aromatic heterocycles. The van der Waals surface area contributed by atoms with E-state index in [1.807, 2.05) is 18.2 Å². The molecule has 0 N–H and O–H groups in total. The van der Waals surface area contributed by atoms with Crippen molar-refractivity contribution in [3.8, 4) is 5.75 Å². The van der Waals surface area contributed by atoms with Crippen LogP contribution in [0.25, 0.3) is 0 Å². The van der Waals surface area contributed by atoms with Crippen molar-refractivity contribution in [1.82, 2.24) is 0 Å². The quantitative estimate of drug-likeness (QED) is 0.796. The van der Waals surface area contributed by atoms with E-state index < -0.39 is 5.97 Å². The minimum Gasteiger partial charge on any atom is -0.497 e. The Morgan fingerprint density at radius 1 is 1.15 bits per heavy atom. The van der Waals surface area contributed by atoms with Gasteiger partial charge in [-0.2, -0.15) is 0 Å². The predicted molar refractivity (Wildman–Crippen MR) is 92.2 cm³/mol. The summed E-state index contributed by atoms with van der Waals surface area (Å²) in [6, 6.07) is 12.9. The average molecular weight is 353 g/mol. The number of hydrogen-bond acceptors (Lipinski definition) is 4. The van der Waals surface area contributed by atoms with E-state index in [4.69, 9.17) is 9.47 Å². The molecule has 2 aromatic carbocycles. The first-order valence-electron chi connectivity index (χ1n) is 8.21. The first kappa shape index (κ1) is 16.3. The highest BCUT2D eigenvalue weighted by Gasteiger charge is 2.43. The van der Waals surface area contributed by atoms with Gasteiger partial charge < -0.3 is 9.47 Å². The molecule has 132 valence electrons. The van der Waals surface area contributed by atoms with Gasteiger partial charge in [-0.05, 0) is 42.0 Å². The number of methoxy groups -OCH3 is 1. The maximum absolute atomic E-state index is 13.2. The van der Waals surface area contributed by atoms with Gasteiger partial charge in [-0.3, -0.25) is 9.69 Å². The minimum atomic E-state index is -0.424. The van der Waals surface area contributed by atoms with Crippen LogP contribution in [-0.4, -0.2) is 25.6 Å². The summed E-state index contributed by atoms with van der Waals surface area (Å²) in [6.45, 7) is 0.0255. The van der Waals surface area contributed by atoms with Crippen LogP contribution in [0.3, 0.4) is 0 Å². The molecule has 0 aliphatic carbocycles. The van der Waals surface area contributed by atoms with Crippen LogP contribution in [0.5, 0.6) is 5.75 Å². The van der Waals surface area contributed by atoms with E-state index in [0.29, 0.717) is 22.7 Å². The average Bonchev–Trinajstić information content (AvgIpc) is 3.04. The van der Waals surface area contributed by atoms with Crippen molar-refractivity contribution in [2.45, 2.75) is 12.3 Å². The Morgan fingerprint density at radius 3 is 2.65 bits per heavy atom. The summed E-state index contributed by atoms with van der Waals surface area (Å²) < 4.78 is 23.7. The lowest BCUT2D eigenvalue weighted by atomic mass is 9.84. The summed E-state index contributed by atoms with van der Waals surface area (Å²) in [5, 5.41) is 0. The summed E-state index contributed by atoms with van der Waals surface area (Å²) in [7, 11) is 1.57. The van der Waals surface area contributed by atoms with Crippen LogP contribution in [0.4, 0.5) is 10.1 Å². The molecule has 1 unspecified atom stereocenters. The van der Waals surface area contributed by atoms with Crippen molar-refractivity contribution in [2.75, 3.05) is 18.6 Å². The van der Waals surface area contributed by atoms with Gasteiger partial charge in [0, 0.05) is 18.0 Å². The molecule has 26 heavy (non-hydrogen) atoms. The molecule has 0 spiro atoms. The van der Waals surface area contributed by atoms with E-state index in [9.17, 15) is 14.0 Å². The summed E-state index contributed by atoms with van der Waals surface area (Å²) >= 11 is 0. The van der Waals surface area contributed by atoms with Gasteiger partial charge in [0.2, 0.25) is 5.91 Å². The Kier molecular flexibility index (Phi) is 3.95. The van der Waals surface area contributed by atoms with Crippen LogP contribution in [0, 0.1) is 5.82 Å². The zero-order valence-electron chi connectivity index (χ0n) is 14.1. The van der Waals surface area contributed by atoms with E-state index >= 15 is 0 Å². The lowest BCUT2D eigenvalue weighted by Crippen LogP contribution is -2.37. The third-order valence-corrected chi connectivity index (χ3v) is 4.70. The normalized spacial score (nSPS) is 19.5. The van der Waals surface area contributed by atoms with Gasteiger partial charge in [0.15, 0.2) is 0 Å². The maximum Gasteiger partial charge on any atom is 0.336 e. The number of carbonyl (C=O) groups is 2. The van der Waals surface area contributed by atoms with Crippen molar-refractivity contribution in [2.24, 2.45) is 0 Å². The highest BCUT2D eigenvalue weighted by Crippen LogP contribution is 2.42. The van der Waals surface area contributed by atoms with Gasteiger partial charge in [-0.1, -0.05) is 12.1 Å². The molecule has 1 atom stereocenters. The molecule has 0 radical (unpaired) electrons. The van der Waals surface area contributed by atoms with E-state index in [0.717, 1.165) is 5.56 Å². The highest BCUT2D eigenvalue weighted by molar-refractivity contribution is 6.06. The van der Waals surface area contributed by atoms with Gasteiger partial charge in [0.25, 0.3) is 0 Å². The lowest BCUT2D eigenvalue weighted by Gasteiger charge is -2.32. The highest BCUT2D eigenvalue weighted by atomic mass is 19.1. The van der Waals surface area contributed by atoms with Crippen LogP contribution in [0.1, 0.15) is 17.9 Å². The van der Waals surface area contributed by atoms with Crippen molar-refractivity contribution >= 4 is 17.6 Å². The zero-order valence-corrected chi connectivity index (χ0v) is 14.1. The molecule has 2 heterocycles. The van der Waals surface area contributed by atoms with Crippen molar-refractivity contribution in [3.05, 3.63) is 71.2 Å². The van der Waals surface area contributed by atoms with Crippen molar-refractivity contribution in [3.63, 3.8) is 0 Å². The summed E-state index contributed by atoms with van der Waals surface area (Å²) in [4.78, 5) is 26.7. The zero-order chi connectivity index (χ0) is 18.3. The molecule has 4 rings (SSSR count). The van der Waals surface area contributed by atoms with E-state index in [2.05, 4.69) is 0 Å². The van der Waals surface area contributed by atoms with E-state index in [1.54, 1.807) is 13.2 Å². The largest absolute Gasteiger partial charge is 0.497 e. The molecule has 0 saturated carbocycles. The third kappa shape index (κ3) is 2.63. The monoisotopic (exact) mass is 353 g/mol. The Hall–Kier alpha value is -3.15. The fourth-order valence-electron chi connectivity index (χ4n) is 3.49. The number of anilines is 1. The van der Waals surface area contributed by atoms with Crippen LogP contribution in [0.15, 0.2) is 59.8 Å².